The topological polar surface area (TPSA) is 32.5 Å². The van der Waals surface area contributed by atoms with E-state index in [4.69, 9.17) is 17.3 Å². The molecule has 3 rings (SSSR count). The summed E-state index contributed by atoms with van der Waals surface area (Å²) >= 11 is 10.5. The molecule has 0 unspecified atom stereocenters. The zero-order valence-corrected chi connectivity index (χ0v) is 16.4. The van der Waals surface area contributed by atoms with Gasteiger partial charge in [0.1, 0.15) is 0 Å². The molecule has 0 aromatic heterocycles. The van der Waals surface area contributed by atoms with Crippen LogP contribution in [0.4, 0.5) is 11.4 Å². The Morgan fingerprint density at radius 3 is 2.40 bits per heavy atom. The number of piperazine rings is 1. The fourth-order valence-corrected chi connectivity index (χ4v) is 4.06. The van der Waals surface area contributed by atoms with Crippen molar-refractivity contribution >= 4 is 35.6 Å². The van der Waals surface area contributed by atoms with E-state index in [0.29, 0.717) is 5.02 Å². The predicted molar refractivity (Wildman–Crippen MR) is 111 cm³/mol. The van der Waals surface area contributed by atoms with Crippen molar-refractivity contribution in [3.63, 3.8) is 0 Å². The minimum atomic E-state index is 0.651. The van der Waals surface area contributed by atoms with E-state index in [2.05, 4.69) is 53.6 Å². The molecule has 2 aromatic carbocycles. The summed E-state index contributed by atoms with van der Waals surface area (Å²) in [5.41, 5.74) is 10.6. The van der Waals surface area contributed by atoms with E-state index >= 15 is 0 Å². The SMILES string of the molecule is Cc1ccc(N2CCN(CCCc3c(N)cc(Cl)cc3S)CC2)cc1. The molecular weight excluding hydrogens is 350 g/mol. The molecule has 0 atom stereocenters. The lowest BCUT2D eigenvalue weighted by molar-refractivity contribution is 0.255. The Balaban J connectivity index is 1.46. The molecule has 5 heteroatoms. The van der Waals surface area contributed by atoms with Gasteiger partial charge in [-0.25, -0.2) is 0 Å². The van der Waals surface area contributed by atoms with Gasteiger partial charge in [-0.15, -0.1) is 12.6 Å². The van der Waals surface area contributed by atoms with Crippen LogP contribution in [-0.4, -0.2) is 37.6 Å². The Hall–Kier alpha value is -1.36. The highest BCUT2D eigenvalue weighted by molar-refractivity contribution is 7.80. The second-order valence-electron chi connectivity index (χ2n) is 6.76. The summed E-state index contributed by atoms with van der Waals surface area (Å²) in [6.45, 7) is 7.62. The molecule has 2 aromatic rings. The van der Waals surface area contributed by atoms with Gasteiger partial charge in [-0.3, -0.25) is 4.90 Å². The quantitative estimate of drug-likeness (QED) is 0.604. The first-order valence-electron chi connectivity index (χ1n) is 8.84. The first-order chi connectivity index (χ1) is 12.0. The summed E-state index contributed by atoms with van der Waals surface area (Å²) in [6.07, 6.45) is 2.03. The Kier molecular flexibility index (Phi) is 6.15. The Bertz CT molecular complexity index is 686. The van der Waals surface area contributed by atoms with Crippen molar-refractivity contribution in [3.8, 4) is 0 Å². The van der Waals surface area contributed by atoms with Gasteiger partial charge in [-0.05, 0) is 56.1 Å². The molecule has 0 radical (unpaired) electrons. The van der Waals surface area contributed by atoms with E-state index in [9.17, 15) is 0 Å². The van der Waals surface area contributed by atoms with Crippen LogP contribution in [0.5, 0.6) is 0 Å². The summed E-state index contributed by atoms with van der Waals surface area (Å²) < 4.78 is 0. The van der Waals surface area contributed by atoms with Gasteiger partial charge < -0.3 is 10.6 Å². The van der Waals surface area contributed by atoms with Gasteiger partial charge in [0.2, 0.25) is 0 Å². The average Bonchev–Trinajstić information content (AvgIpc) is 2.58. The lowest BCUT2D eigenvalue weighted by atomic mass is 10.1. The molecule has 1 aliphatic rings. The third kappa shape index (κ3) is 4.84. The van der Waals surface area contributed by atoms with Crippen LogP contribution in [0.2, 0.25) is 5.02 Å². The molecule has 2 N–H and O–H groups in total. The summed E-state index contributed by atoms with van der Waals surface area (Å²) in [6, 6.07) is 12.5. The second-order valence-corrected chi connectivity index (χ2v) is 7.68. The van der Waals surface area contributed by atoms with Crippen molar-refractivity contribution in [1.29, 1.82) is 0 Å². The minimum absolute atomic E-state index is 0.651. The number of halogens is 1. The minimum Gasteiger partial charge on any atom is -0.398 e. The van der Waals surface area contributed by atoms with Gasteiger partial charge in [-0.2, -0.15) is 0 Å². The number of nitrogen functional groups attached to an aromatic ring is 1. The number of nitrogens with two attached hydrogens (primary N) is 1. The highest BCUT2D eigenvalue weighted by Crippen LogP contribution is 2.27. The zero-order valence-electron chi connectivity index (χ0n) is 14.7. The maximum atomic E-state index is 6.08. The molecule has 3 nitrogen and oxygen atoms in total. The van der Waals surface area contributed by atoms with Crippen molar-refractivity contribution in [3.05, 3.63) is 52.5 Å². The van der Waals surface area contributed by atoms with E-state index in [-0.39, 0.29) is 0 Å². The van der Waals surface area contributed by atoms with Crippen molar-refractivity contribution in [1.82, 2.24) is 4.90 Å². The molecule has 1 saturated heterocycles. The molecule has 0 saturated carbocycles. The second kappa shape index (κ2) is 8.35. The largest absolute Gasteiger partial charge is 0.398 e. The third-order valence-corrected chi connectivity index (χ3v) is 5.52. The van der Waals surface area contributed by atoms with Crippen molar-refractivity contribution in [2.24, 2.45) is 0 Å². The standard InChI is InChI=1S/C20H26ClN3S/c1-15-4-6-17(7-5-15)24-11-9-23(10-12-24)8-2-3-18-19(22)13-16(21)14-20(18)25/h4-7,13-14,25H,2-3,8-12,22H2,1H3. The molecule has 0 spiro atoms. The first-order valence-corrected chi connectivity index (χ1v) is 9.66. The van der Waals surface area contributed by atoms with E-state index < -0.39 is 0 Å². The van der Waals surface area contributed by atoms with Gasteiger partial charge in [-0.1, -0.05) is 29.3 Å². The number of thiol groups is 1. The molecule has 0 aliphatic carbocycles. The number of rotatable bonds is 5. The predicted octanol–water partition coefficient (Wildman–Crippen LogP) is 4.27. The lowest BCUT2D eigenvalue weighted by Crippen LogP contribution is -2.46. The molecule has 1 heterocycles. The van der Waals surface area contributed by atoms with E-state index in [1.54, 1.807) is 0 Å². The van der Waals surface area contributed by atoms with Gasteiger partial charge in [0.05, 0.1) is 0 Å². The van der Waals surface area contributed by atoms with Crippen LogP contribution in [0.15, 0.2) is 41.3 Å². The monoisotopic (exact) mass is 375 g/mol. The highest BCUT2D eigenvalue weighted by Gasteiger charge is 2.17. The Morgan fingerprint density at radius 2 is 1.76 bits per heavy atom. The Morgan fingerprint density at radius 1 is 1.08 bits per heavy atom. The summed E-state index contributed by atoms with van der Waals surface area (Å²) in [7, 11) is 0. The molecule has 25 heavy (non-hydrogen) atoms. The van der Waals surface area contributed by atoms with E-state index in [1.807, 2.05) is 12.1 Å². The van der Waals surface area contributed by atoms with Crippen molar-refractivity contribution in [2.75, 3.05) is 43.4 Å². The number of hydrogen-bond acceptors (Lipinski definition) is 4. The Labute approximate surface area is 161 Å². The average molecular weight is 376 g/mol. The van der Waals surface area contributed by atoms with Gasteiger partial charge in [0.25, 0.3) is 0 Å². The van der Waals surface area contributed by atoms with Crippen LogP contribution in [0.3, 0.4) is 0 Å². The van der Waals surface area contributed by atoms with Crippen LogP contribution in [0, 0.1) is 6.92 Å². The molecule has 1 fully saturated rings. The number of nitrogens with zero attached hydrogens (tertiary/aromatic N) is 2. The van der Waals surface area contributed by atoms with Crippen LogP contribution < -0.4 is 10.6 Å². The maximum Gasteiger partial charge on any atom is 0.0437 e. The molecular formula is C20H26ClN3S. The van der Waals surface area contributed by atoms with Crippen molar-refractivity contribution < 1.29 is 0 Å². The fourth-order valence-electron chi connectivity index (χ4n) is 3.38. The molecule has 134 valence electrons. The lowest BCUT2D eigenvalue weighted by Gasteiger charge is -2.36. The van der Waals surface area contributed by atoms with Crippen LogP contribution in [0.25, 0.3) is 0 Å². The number of hydrogen-bond donors (Lipinski definition) is 2. The van der Waals surface area contributed by atoms with E-state index in [0.717, 1.165) is 61.7 Å². The smallest absolute Gasteiger partial charge is 0.0437 e. The van der Waals surface area contributed by atoms with Crippen molar-refractivity contribution in [2.45, 2.75) is 24.7 Å². The summed E-state index contributed by atoms with van der Waals surface area (Å²) in [4.78, 5) is 5.91. The maximum absolute atomic E-state index is 6.08. The first kappa shape index (κ1) is 18.4. The fraction of sp³-hybridized carbons (Fsp3) is 0.400. The molecule has 0 amide bonds. The highest BCUT2D eigenvalue weighted by atomic mass is 35.5. The van der Waals surface area contributed by atoms with Crippen LogP contribution in [-0.2, 0) is 6.42 Å². The molecule has 0 bridgehead atoms. The third-order valence-electron chi connectivity index (χ3n) is 4.90. The van der Waals surface area contributed by atoms with Gasteiger partial charge in [0.15, 0.2) is 0 Å². The zero-order chi connectivity index (χ0) is 17.8. The van der Waals surface area contributed by atoms with Gasteiger partial charge in [0, 0.05) is 47.5 Å². The summed E-state index contributed by atoms with van der Waals surface area (Å²) in [5.74, 6) is 0. The summed E-state index contributed by atoms with van der Waals surface area (Å²) in [5, 5.41) is 0.651. The van der Waals surface area contributed by atoms with E-state index in [1.165, 1.54) is 11.3 Å². The number of benzene rings is 2. The van der Waals surface area contributed by atoms with Crippen LogP contribution in [0.1, 0.15) is 17.5 Å². The number of anilines is 2. The molecule has 1 aliphatic heterocycles. The normalized spacial score (nSPS) is 15.6. The van der Waals surface area contributed by atoms with Gasteiger partial charge >= 0.3 is 0 Å². The number of aryl methyl sites for hydroxylation is 1. The van der Waals surface area contributed by atoms with Crippen LogP contribution >= 0.6 is 24.2 Å².